The van der Waals surface area contributed by atoms with E-state index in [0.29, 0.717) is 5.75 Å². The third-order valence-corrected chi connectivity index (χ3v) is 6.54. The first-order chi connectivity index (χ1) is 16.8. The van der Waals surface area contributed by atoms with Crippen LogP contribution in [0.2, 0.25) is 0 Å². The first kappa shape index (κ1) is 24.7. The molecule has 8 nitrogen and oxygen atoms in total. The van der Waals surface area contributed by atoms with Crippen molar-refractivity contribution >= 4 is 17.7 Å². The summed E-state index contributed by atoms with van der Waals surface area (Å²) in [7, 11) is 0. The van der Waals surface area contributed by atoms with E-state index >= 15 is 0 Å². The Morgan fingerprint density at radius 2 is 1.69 bits per heavy atom. The molecule has 1 aliphatic carbocycles. The monoisotopic (exact) mass is 482 g/mol. The Kier molecular flexibility index (Phi) is 7.65. The van der Waals surface area contributed by atoms with E-state index in [1.165, 1.54) is 28.0 Å². The van der Waals surface area contributed by atoms with Gasteiger partial charge >= 0.3 is 0 Å². The van der Waals surface area contributed by atoms with E-state index in [4.69, 9.17) is 10.5 Å². The van der Waals surface area contributed by atoms with E-state index in [9.17, 15) is 18.8 Å². The minimum atomic E-state index is -1.16. The molecule has 2 aromatic rings. The summed E-state index contributed by atoms with van der Waals surface area (Å²) in [5.74, 6) is -1.38. The molecule has 2 atom stereocenters. The van der Waals surface area contributed by atoms with Gasteiger partial charge in [0, 0.05) is 30.7 Å². The van der Waals surface area contributed by atoms with Gasteiger partial charge in [-0.1, -0.05) is 24.3 Å². The van der Waals surface area contributed by atoms with Crippen LogP contribution in [0.25, 0.3) is 0 Å². The van der Waals surface area contributed by atoms with Crippen LogP contribution in [0.1, 0.15) is 43.0 Å². The van der Waals surface area contributed by atoms with Crippen LogP contribution >= 0.6 is 0 Å². The second-order valence-corrected chi connectivity index (χ2v) is 9.11. The summed E-state index contributed by atoms with van der Waals surface area (Å²) < 4.78 is 19.6. The van der Waals surface area contributed by atoms with Gasteiger partial charge in [0.15, 0.2) is 12.3 Å². The molecular formula is C26H31FN4O4. The largest absolute Gasteiger partial charge is 0.481 e. The van der Waals surface area contributed by atoms with Crippen LogP contribution in [0.4, 0.5) is 4.39 Å². The van der Waals surface area contributed by atoms with Crippen LogP contribution in [0.5, 0.6) is 5.75 Å². The highest BCUT2D eigenvalue weighted by molar-refractivity contribution is 5.99. The van der Waals surface area contributed by atoms with Gasteiger partial charge in [-0.15, -0.1) is 0 Å². The molecule has 35 heavy (non-hydrogen) atoms. The molecule has 1 saturated carbocycles. The maximum atomic E-state index is 13.8. The third-order valence-electron chi connectivity index (χ3n) is 6.54. The number of carbonyl (C=O) groups excluding carboxylic acids is 3. The molecule has 0 aromatic heterocycles. The smallest absolute Gasteiger partial charge is 0.265 e. The van der Waals surface area contributed by atoms with Gasteiger partial charge < -0.3 is 25.6 Å². The molecule has 2 aliphatic rings. The number of ether oxygens (including phenoxy) is 1. The first-order valence-electron chi connectivity index (χ1n) is 12.0. The number of nitrogens with two attached hydrogens (primary N) is 1. The molecule has 2 unspecified atom stereocenters. The summed E-state index contributed by atoms with van der Waals surface area (Å²) in [4.78, 5) is 42.8. The molecule has 0 spiro atoms. The molecule has 3 N–H and O–H groups in total. The van der Waals surface area contributed by atoms with Crippen molar-refractivity contribution in [1.29, 1.82) is 0 Å². The fourth-order valence-electron chi connectivity index (χ4n) is 4.67. The van der Waals surface area contributed by atoms with E-state index in [1.54, 1.807) is 31.2 Å². The van der Waals surface area contributed by atoms with E-state index < -0.39 is 35.8 Å². The number of hydrogen-bond acceptors (Lipinski definition) is 5. The SMILES string of the molecule is CC(Oc1ccccc1)C(=O)N1CCN(C(=O)c2cccc(F)c2)C1C(=O)NC1CCC(N)CC1. The van der Waals surface area contributed by atoms with Crippen LogP contribution in [0.3, 0.4) is 0 Å². The van der Waals surface area contributed by atoms with Gasteiger partial charge in [-0.2, -0.15) is 0 Å². The lowest BCUT2D eigenvalue weighted by molar-refractivity contribution is -0.146. The zero-order chi connectivity index (χ0) is 24.9. The molecule has 186 valence electrons. The maximum Gasteiger partial charge on any atom is 0.265 e. The Hall–Kier alpha value is -3.46. The lowest BCUT2D eigenvalue weighted by Gasteiger charge is -2.33. The molecule has 3 amide bonds. The molecule has 1 aliphatic heterocycles. The van der Waals surface area contributed by atoms with Crippen molar-refractivity contribution in [2.24, 2.45) is 5.73 Å². The third kappa shape index (κ3) is 5.79. The van der Waals surface area contributed by atoms with Crippen molar-refractivity contribution in [3.63, 3.8) is 0 Å². The second-order valence-electron chi connectivity index (χ2n) is 9.11. The summed E-state index contributed by atoms with van der Waals surface area (Å²) in [6.07, 6.45) is 1.04. The Bertz CT molecular complexity index is 1060. The highest BCUT2D eigenvalue weighted by Crippen LogP contribution is 2.23. The molecule has 2 aromatic carbocycles. The molecule has 0 radical (unpaired) electrons. The Balaban J connectivity index is 1.55. The van der Waals surface area contributed by atoms with Crippen molar-refractivity contribution < 1.29 is 23.5 Å². The zero-order valence-corrected chi connectivity index (χ0v) is 19.7. The molecule has 1 saturated heterocycles. The minimum absolute atomic E-state index is 0.0797. The van der Waals surface area contributed by atoms with Crippen molar-refractivity contribution in [1.82, 2.24) is 15.1 Å². The Morgan fingerprint density at radius 1 is 1.00 bits per heavy atom. The summed E-state index contributed by atoms with van der Waals surface area (Å²) in [5, 5.41) is 3.01. The molecule has 2 fully saturated rings. The van der Waals surface area contributed by atoms with Crippen molar-refractivity contribution in [3.05, 3.63) is 66.0 Å². The van der Waals surface area contributed by atoms with Crippen LogP contribution in [-0.4, -0.2) is 65.0 Å². The predicted octanol–water partition coefficient (Wildman–Crippen LogP) is 2.29. The van der Waals surface area contributed by atoms with E-state index in [-0.39, 0.29) is 30.7 Å². The number of halogens is 1. The fourth-order valence-corrected chi connectivity index (χ4v) is 4.67. The average Bonchev–Trinajstić information content (AvgIpc) is 3.30. The van der Waals surface area contributed by atoms with E-state index in [2.05, 4.69) is 5.32 Å². The molecule has 4 rings (SSSR count). The molecular weight excluding hydrogens is 451 g/mol. The normalized spacial score (nSPS) is 23.0. The highest BCUT2D eigenvalue weighted by Gasteiger charge is 2.45. The van der Waals surface area contributed by atoms with E-state index in [1.807, 2.05) is 6.07 Å². The number of nitrogens with zero attached hydrogens (tertiary/aromatic N) is 2. The van der Waals surface area contributed by atoms with Gasteiger partial charge in [0.2, 0.25) is 0 Å². The topological polar surface area (TPSA) is 105 Å². The molecule has 1 heterocycles. The van der Waals surface area contributed by atoms with Crippen LogP contribution in [0, 0.1) is 5.82 Å². The minimum Gasteiger partial charge on any atom is -0.481 e. The number of benzene rings is 2. The quantitative estimate of drug-likeness (QED) is 0.657. The van der Waals surface area contributed by atoms with Gasteiger partial charge in [-0.25, -0.2) is 4.39 Å². The molecule has 0 bridgehead atoms. The van der Waals surface area contributed by atoms with Crippen molar-refractivity contribution in [2.75, 3.05) is 13.1 Å². The highest BCUT2D eigenvalue weighted by atomic mass is 19.1. The number of amides is 3. The summed E-state index contributed by atoms with van der Waals surface area (Å²) in [6, 6.07) is 14.3. The van der Waals surface area contributed by atoms with Crippen molar-refractivity contribution in [3.8, 4) is 5.75 Å². The summed E-state index contributed by atoms with van der Waals surface area (Å²) >= 11 is 0. The summed E-state index contributed by atoms with van der Waals surface area (Å²) in [5.41, 5.74) is 6.10. The van der Waals surface area contributed by atoms with E-state index in [0.717, 1.165) is 31.7 Å². The van der Waals surface area contributed by atoms with Gasteiger partial charge in [-0.3, -0.25) is 14.4 Å². The fraction of sp³-hybridized carbons (Fsp3) is 0.423. The lowest BCUT2D eigenvalue weighted by atomic mass is 9.92. The van der Waals surface area contributed by atoms with Gasteiger partial charge in [0.25, 0.3) is 17.7 Å². The zero-order valence-electron chi connectivity index (χ0n) is 19.7. The van der Waals surface area contributed by atoms with Gasteiger partial charge in [0.1, 0.15) is 11.6 Å². The number of rotatable bonds is 6. The molecule has 9 heteroatoms. The van der Waals surface area contributed by atoms with Crippen LogP contribution in [0.15, 0.2) is 54.6 Å². The average molecular weight is 483 g/mol. The summed E-state index contributed by atoms with van der Waals surface area (Å²) in [6.45, 7) is 1.92. The van der Waals surface area contributed by atoms with Crippen molar-refractivity contribution in [2.45, 2.75) is 57.0 Å². The van der Waals surface area contributed by atoms with Gasteiger partial charge in [-0.05, 0) is 62.9 Å². The predicted molar refractivity (Wildman–Crippen MR) is 128 cm³/mol. The first-order valence-corrected chi connectivity index (χ1v) is 12.0. The number of nitrogens with one attached hydrogen (secondary N) is 1. The number of carbonyl (C=O) groups is 3. The lowest BCUT2D eigenvalue weighted by Crippen LogP contribution is -2.57. The Labute approximate surface area is 204 Å². The van der Waals surface area contributed by atoms with Crippen LogP contribution < -0.4 is 15.8 Å². The standard InChI is InChI=1S/C26H31FN4O4/c1-17(35-22-8-3-2-4-9-22)25(33)30-14-15-31(26(34)18-6-5-7-19(27)16-18)24(30)23(32)29-21-12-10-20(28)11-13-21/h2-9,16-17,20-21,24H,10-15,28H2,1H3,(H,29,32). The second kappa shape index (κ2) is 10.9. The Morgan fingerprint density at radius 3 is 2.37 bits per heavy atom. The number of hydrogen-bond donors (Lipinski definition) is 2. The maximum absolute atomic E-state index is 13.8. The van der Waals surface area contributed by atoms with Crippen LogP contribution in [-0.2, 0) is 9.59 Å². The number of para-hydroxylation sites is 1. The van der Waals surface area contributed by atoms with Gasteiger partial charge in [0.05, 0.1) is 0 Å².